The van der Waals surface area contributed by atoms with E-state index in [2.05, 4.69) is 11.8 Å². The monoisotopic (exact) mass is 370 g/mol. The molecule has 4 N–H and O–H groups in total. The van der Waals surface area contributed by atoms with Crippen LogP contribution >= 0.6 is 0 Å². The van der Waals surface area contributed by atoms with Crippen LogP contribution in [0, 0.1) is 17.8 Å². The molecular formula is C16H22N2O6S. The van der Waals surface area contributed by atoms with Crippen molar-refractivity contribution in [3.8, 4) is 17.6 Å². The molecule has 0 radical (unpaired) electrons. The normalized spacial score (nSPS) is 13.6. The maximum Gasteiger partial charge on any atom is 0.243 e. The van der Waals surface area contributed by atoms with E-state index in [-0.39, 0.29) is 24.7 Å². The zero-order chi connectivity index (χ0) is 19.0. The fourth-order valence-corrected chi connectivity index (χ4v) is 3.59. The lowest BCUT2D eigenvalue weighted by Gasteiger charge is -2.28. The maximum absolute atomic E-state index is 12.7. The molecule has 1 rings (SSSR count). The molecule has 138 valence electrons. The number of primary amides is 1. The lowest BCUT2D eigenvalue weighted by Crippen LogP contribution is -2.50. The molecule has 0 saturated carbocycles. The molecule has 0 spiro atoms. The summed E-state index contributed by atoms with van der Waals surface area (Å²) in [6.45, 7) is 0.950. The van der Waals surface area contributed by atoms with Gasteiger partial charge in [-0.3, -0.25) is 4.79 Å². The number of likely N-dealkylation sites (N-methyl/N-ethyl adjacent to an activating group) is 1. The first-order valence-electron chi connectivity index (χ1n) is 7.43. The van der Waals surface area contributed by atoms with Crippen molar-refractivity contribution in [2.45, 2.75) is 17.9 Å². The molecule has 0 bridgehead atoms. The molecule has 8 nitrogen and oxygen atoms in total. The van der Waals surface area contributed by atoms with Crippen molar-refractivity contribution in [1.29, 1.82) is 0 Å². The number of carbonyl (C=O) groups is 1. The van der Waals surface area contributed by atoms with Crippen molar-refractivity contribution in [2.24, 2.45) is 11.7 Å². The minimum absolute atomic E-state index is 0.0415. The first-order chi connectivity index (χ1) is 11.8. The molecular weight excluding hydrogens is 348 g/mol. The Bertz CT molecular complexity index is 736. The molecule has 0 aliphatic carbocycles. The van der Waals surface area contributed by atoms with E-state index < -0.39 is 27.9 Å². The summed E-state index contributed by atoms with van der Waals surface area (Å²) >= 11 is 0. The number of carbonyl (C=O) groups excluding carboxylic acids is 1. The van der Waals surface area contributed by atoms with Gasteiger partial charge in [0.1, 0.15) is 25.0 Å². The van der Waals surface area contributed by atoms with Crippen LogP contribution in [-0.2, 0) is 14.8 Å². The lowest BCUT2D eigenvalue weighted by atomic mass is 10.0. The molecule has 1 aromatic rings. The van der Waals surface area contributed by atoms with Crippen LogP contribution in [0.3, 0.4) is 0 Å². The van der Waals surface area contributed by atoms with E-state index in [1.54, 1.807) is 0 Å². The highest BCUT2D eigenvalue weighted by molar-refractivity contribution is 7.89. The summed E-state index contributed by atoms with van der Waals surface area (Å²) in [6, 6.07) is 4.41. The largest absolute Gasteiger partial charge is 0.481 e. The summed E-state index contributed by atoms with van der Waals surface area (Å²) in [4.78, 5) is 11.6. The average Bonchev–Trinajstić information content (AvgIpc) is 2.58. The minimum Gasteiger partial charge on any atom is -0.481 e. The molecule has 0 saturated heterocycles. The van der Waals surface area contributed by atoms with Crippen molar-refractivity contribution < 1.29 is 28.2 Å². The van der Waals surface area contributed by atoms with E-state index in [0.29, 0.717) is 5.75 Å². The number of hydrogen-bond acceptors (Lipinski definition) is 6. The number of nitrogens with zero attached hydrogens (tertiary/aromatic N) is 1. The number of hydrogen-bond donors (Lipinski definition) is 3. The highest BCUT2D eigenvalue weighted by Gasteiger charge is 2.35. The molecule has 2 unspecified atom stereocenters. The number of aliphatic hydroxyl groups is 2. The van der Waals surface area contributed by atoms with Gasteiger partial charge in [0.2, 0.25) is 15.9 Å². The Morgan fingerprint density at radius 3 is 2.36 bits per heavy atom. The molecule has 0 aliphatic rings. The molecule has 0 aromatic heterocycles. The molecule has 1 amide bonds. The summed E-state index contributed by atoms with van der Waals surface area (Å²) in [5.41, 5.74) is 5.29. The Morgan fingerprint density at radius 1 is 1.28 bits per heavy atom. The molecule has 2 atom stereocenters. The highest BCUT2D eigenvalue weighted by Crippen LogP contribution is 2.22. The highest BCUT2D eigenvalue weighted by atomic mass is 32.2. The quantitative estimate of drug-likeness (QED) is 0.512. The number of sulfonamides is 1. The van der Waals surface area contributed by atoms with Gasteiger partial charge in [0.25, 0.3) is 0 Å². The predicted molar refractivity (Wildman–Crippen MR) is 91.0 cm³/mol. The third kappa shape index (κ3) is 5.44. The van der Waals surface area contributed by atoms with Gasteiger partial charge < -0.3 is 20.7 Å². The van der Waals surface area contributed by atoms with Crippen LogP contribution < -0.4 is 10.5 Å². The second-order valence-corrected chi connectivity index (χ2v) is 7.30. The molecule has 0 heterocycles. The fourth-order valence-electron chi connectivity index (χ4n) is 2.17. The van der Waals surface area contributed by atoms with Crippen LogP contribution in [0.2, 0.25) is 0 Å². The standard InChI is InChI=1S/C16H22N2O6S/c1-12(11-20)15(16(17)21)18(2)25(22,23)14-7-5-13(6-8-14)24-10-4-3-9-19/h5-8,12,15,19-20H,9-11H2,1-2H3,(H2,17,21). The average molecular weight is 370 g/mol. The van der Waals surface area contributed by atoms with Crippen LogP contribution in [0.4, 0.5) is 0 Å². The number of nitrogens with two attached hydrogens (primary N) is 1. The van der Waals surface area contributed by atoms with E-state index >= 15 is 0 Å². The van der Waals surface area contributed by atoms with Gasteiger partial charge in [-0.15, -0.1) is 0 Å². The van der Waals surface area contributed by atoms with Crippen LogP contribution in [0.1, 0.15) is 6.92 Å². The Labute approximate surface area is 147 Å². The van der Waals surface area contributed by atoms with Gasteiger partial charge in [-0.1, -0.05) is 18.8 Å². The van der Waals surface area contributed by atoms with Crippen molar-refractivity contribution in [3.05, 3.63) is 24.3 Å². The Morgan fingerprint density at radius 2 is 1.88 bits per heavy atom. The summed E-state index contributed by atoms with van der Waals surface area (Å²) in [6.07, 6.45) is 0. The third-order valence-corrected chi connectivity index (χ3v) is 5.38. The lowest BCUT2D eigenvalue weighted by molar-refractivity contribution is -0.123. The number of ether oxygens (including phenoxy) is 1. The van der Waals surface area contributed by atoms with Gasteiger partial charge in [0.05, 0.1) is 4.90 Å². The predicted octanol–water partition coefficient (Wildman–Crippen LogP) is -0.836. The van der Waals surface area contributed by atoms with Gasteiger partial charge in [0.15, 0.2) is 0 Å². The first-order valence-corrected chi connectivity index (χ1v) is 8.87. The fraction of sp³-hybridized carbons (Fsp3) is 0.438. The van der Waals surface area contributed by atoms with Gasteiger partial charge in [-0.05, 0) is 24.3 Å². The van der Waals surface area contributed by atoms with Crippen LogP contribution in [-0.4, -0.2) is 61.8 Å². The Balaban J connectivity index is 2.99. The summed E-state index contributed by atoms with van der Waals surface area (Å²) in [7, 11) is -2.74. The van der Waals surface area contributed by atoms with E-state index in [0.717, 1.165) is 4.31 Å². The van der Waals surface area contributed by atoms with E-state index in [1.807, 2.05) is 0 Å². The summed E-state index contributed by atoms with van der Waals surface area (Å²) < 4.78 is 31.4. The topological polar surface area (TPSA) is 130 Å². The summed E-state index contributed by atoms with van der Waals surface area (Å²) in [5.74, 6) is 3.91. The Hall–Kier alpha value is -2.12. The molecule has 0 aliphatic heterocycles. The number of rotatable bonds is 8. The summed E-state index contributed by atoms with van der Waals surface area (Å²) in [5, 5.41) is 17.8. The van der Waals surface area contributed by atoms with Crippen molar-refractivity contribution in [1.82, 2.24) is 4.31 Å². The van der Waals surface area contributed by atoms with Gasteiger partial charge >= 0.3 is 0 Å². The SMILES string of the molecule is CC(CO)C(C(N)=O)N(C)S(=O)(=O)c1ccc(OCC#CCO)cc1. The smallest absolute Gasteiger partial charge is 0.243 e. The van der Waals surface area contributed by atoms with Gasteiger partial charge in [-0.2, -0.15) is 4.31 Å². The number of aliphatic hydroxyl groups excluding tert-OH is 2. The van der Waals surface area contributed by atoms with E-state index in [9.17, 15) is 18.3 Å². The molecule has 0 fully saturated rings. The van der Waals surface area contributed by atoms with Crippen molar-refractivity contribution in [3.63, 3.8) is 0 Å². The maximum atomic E-state index is 12.7. The molecule has 1 aromatic carbocycles. The van der Waals surface area contributed by atoms with Crippen LogP contribution in [0.25, 0.3) is 0 Å². The second kappa shape index (κ2) is 9.39. The third-order valence-electron chi connectivity index (χ3n) is 3.53. The first kappa shape index (κ1) is 20.9. The van der Waals surface area contributed by atoms with Crippen LogP contribution in [0.5, 0.6) is 5.75 Å². The zero-order valence-electron chi connectivity index (χ0n) is 14.0. The van der Waals surface area contributed by atoms with Gasteiger partial charge in [-0.25, -0.2) is 8.42 Å². The van der Waals surface area contributed by atoms with Crippen molar-refractivity contribution >= 4 is 15.9 Å². The van der Waals surface area contributed by atoms with Gasteiger partial charge in [0, 0.05) is 19.6 Å². The van der Waals surface area contributed by atoms with E-state index in [4.69, 9.17) is 15.6 Å². The molecule has 9 heteroatoms. The van der Waals surface area contributed by atoms with Crippen LogP contribution in [0.15, 0.2) is 29.2 Å². The number of benzene rings is 1. The zero-order valence-corrected chi connectivity index (χ0v) is 14.9. The van der Waals surface area contributed by atoms with Crippen molar-refractivity contribution in [2.75, 3.05) is 26.9 Å². The molecule has 25 heavy (non-hydrogen) atoms. The number of amides is 1. The second-order valence-electron chi connectivity index (χ2n) is 5.30. The minimum atomic E-state index is -3.98. The van der Waals surface area contributed by atoms with E-state index in [1.165, 1.54) is 38.2 Å². The Kier molecular flexibility index (Phi) is 7.86.